The van der Waals surface area contributed by atoms with Gasteiger partial charge in [0.05, 0.1) is 5.56 Å². The zero-order valence-corrected chi connectivity index (χ0v) is 16.7. The number of halogens is 1. The molecular weight excluding hydrogens is 380 g/mol. The second-order valence-electron chi connectivity index (χ2n) is 7.41. The number of nitrogens with zero attached hydrogens (tertiary/aromatic N) is 2. The molecule has 0 saturated heterocycles. The molecule has 2 aromatic rings. The van der Waals surface area contributed by atoms with E-state index in [1.807, 2.05) is 30.5 Å². The predicted octanol–water partition coefficient (Wildman–Crippen LogP) is 6.28. The van der Waals surface area contributed by atoms with Crippen LogP contribution in [0.25, 0.3) is 0 Å². The normalized spacial score (nSPS) is 17.7. The second-order valence-corrected chi connectivity index (χ2v) is 9.41. The van der Waals surface area contributed by atoms with Crippen LogP contribution >= 0.6 is 27.3 Å². The van der Waals surface area contributed by atoms with E-state index in [0.717, 1.165) is 39.9 Å². The lowest BCUT2D eigenvalue weighted by Gasteiger charge is -2.33. The average Bonchev–Trinajstić information content (AvgIpc) is 2.90. The molecule has 3 rings (SSSR count). The summed E-state index contributed by atoms with van der Waals surface area (Å²) in [7, 11) is 0. The average molecular weight is 401 g/mol. The maximum Gasteiger partial charge on any atom is 0.134 e. The number of aliphatic imine (C=N–C) groups is 1. The highest BCUT2D eigenvalue weighted by atomic mass is 79.9. The number of nitriles is 1. The number of hydrogen-bond acceptors (Lipinski definition) is 3. The molecule has 0 spiro atoms. The quantitative estimate of drug-likeness (QED) is 0.545. The summed E-state index contributed by atoms with van der Waals surface area (Å²) in [5, 5.41) is 10.5. The van der Waals surface area contributed by atoms with Crippen molar-refractivity contribution in [1.29, 1.82) is 5.26 Å². The van der Waals surface area contributed by atoms with E-state index in [-0.39, 0.29) is 0 Å². The van der Waals surface area contributed by atoms with Crippen molar-refractivity contribution in [2.45, 2.75) is 40.0 Å². The lowest BCUT2D eigenvalue weighted by atomic mass is 9.72. The largest absolute Gasteiger partial charge is 0.244 e. The molecule has 0 radical (unpaired) electrons. The van der Waals surface area contributed by atoms with Crippen LogP contribution in [0.2, 0.25) is 0 Å². The highest BCUT2D eigenvalue weighted by Crippen LogP contribution is 2.44. The molecule has 1 aliphatic carbocycles. The lowest BCUT2D eigenvalue weighted by Crippen LogP contribution is -2.26. The van der Waals surface area contributed by atoms with Crippen LogP contribution < -0.4 is 0 Å². The summed E-state index contributed by atoms with van der Waals surface area (Å²) in [6, 6.07) is 10.4. The molecule has 0 bridgehead atoms. The number of fused-ring (bicyclic) bond motifs is 1. The molecule has 0 fully saturated rings. The fourth-order valence-electron chi connectivity index (χ4n) is 3.20. The van der Waals surface area contributed by atoms with Crippen LogP contribution in [0.4, 0.5) is 5.00 Å². The minimum absolute atomic E-state index is 0.315. The van der Waals surface area contributed by atoms with E-state index in [4.69, 9.17) is 0 Å². The molecular formula is C20H21BrN2S. The van der Waals surface area contributed by atoms with Crippen LogP contribution in [0.5, 0.6) is 0 Å². The molecule has 1 atom stereocenters. The van der Waals surface area contributed by atoms with Gasteiger partial charge in [0, 0.05) is 15.6 Å². The van der Waals surface area contributed by atoms with Crippen molar-refractivity contribution in [2.75, 3.05) is 0 Å². The lowest BCUT2D eigenvalue weighted by molar-refractivity contribution is 0.218. The van der Waals surface area contributed by atoms with Gasteiger partial charge in [0.2, 0.25) is 0 Å². The summed E-state index contributed by atoms with van der Waals surface area (Å²) < 4.78 is 1.05. The summed E-state index contributed by atoms with van der Waals surface area (Å²) in [4.78, 5) is 5.99. The Labute approximate surface area is 156 Å². The first-order chi connectivity index (χ1) is 11.4. The molecule has 1 heterocycles. The van der Waals surface area contributed by atoms with Gasteiger partial charge in [-0.3, -0.25) is 0 Å². The van der Waals surface area contributed by atoms with Crippen molar-refractivity contribution < 1.29 is 0 Å². The summed E-state index contributed by atoms with van der Waals surface area (Å²) in [5.41, 5.74) is 3.39. The third kappa shape index (κ3) is 3.63. The molecule has 0 saturated carbocycles. The summed E-state index contributed by atoms with van der Waals surface area (Å²) in [5.74, 6) is 0.679. The maximum absolute atomic E-state index is 9.60. The van der Waals surface area contributed by atoms with Gasteiger partial charge in [0.25, 0.3) is 0 Å². The predicted molar refractivity (Wildman–Crippen MR) is 105 cm³/mol. The molecule has 2 nitrogen and oxygen atoms in total. The zero-order chi connectivity index (χ0) is 17.3. The van der Waals surface area contributed by atoms with Crippen molar-refractivity contribution in [3.8, 4) is 6.07 Å². The molecule has 0 N–H and O–H groups in total. The van der Waals surface area contributed by atoms with Gasteiger partial charge in [-0.25, -0.2) is 4.99 Å². The molecule has 24 heavy (non-hydrogen) atoms. The Morgan fingerprint density at radius 3 is 2.62 bits per heavy atom. The van der Waals surface area contributed by atoms with E-state index in [9.17, 15) is 5.26 Å². The smallest absolute Gasteiger partial charge is 0.134 e. The minimum atomic E-state index is 0.315. The Kier molecular flexibility index (Phi) is 4.94. The van der Waals surface area contributed by atoms with E-state index in [1.54, 1.807) is 11.3 Å². The van der Waals surface area contributed by atoms with Gasteiger partial charge < -0.3 is 0 Å². The van der Waals surface area contributed by atoms with Crippen LogP contribution in [0.15, 0.2) is 33.7 Å². The summed E-state index contributed by atoms with van der Waals surface area (Å²) >= 11 is 5.14. The molecule has 1 aliphatic rings. The molecule has 0 aliphatic heterocycles. The Bertz CT molecular complexity index is 804. The maximum atomic E-state index is 9.60. The first kappa shape index (κ1) is 17.4. The van der Waals surface area contributed by atoms with Crippen molar-refractivity contribution in [1.82, 2.24) is 0 Å². The summed E-state index contributed by atoms with van der Waals surface area (Å²) in [6.07, 6.45) is 5.10. The number of thiophene rings is 1. The topological polar surface area (TPSA) is 36.1 Å². The van der Waals surface area contributed by atoms with Gasteiger partial charge in [-0.1, -0.05) is 48.8 Å². The van der Waals surface area contributed by atoms with Gasteiger partial charge in [0.1, 0.15) is 11.1 Å². The van der Waals surface area contributed by atoms with Gasteiger partial charge >= 0.3 is 0 Å². The molecule has 0 unspecified atom stereocenters. The van der Waals surface area contributed by atoms with Crippen LogP contribution in [-0.2, 0) is 12.8 Å². The third-order valence-corrected chi connectivity index (χ3v) is 6.48. The highest BCUT2D eigenvalue weighted by Gasteiger charge is 2.32. The zero-order valence-electron chi connectivity index (χ0n) is 14.3. The van der Waals surface area contributed by atoms with Crippen molar-refractivity contribution >= 4 is 38.5 Å². The van der Waals surface area contributed by atoms with Gasteiger partial charge in [-0.15, -0.1) is 11.3 Å². The van der Waals surface area contributed by atoms with E-state index in [0.29, 0.717) is 11.3 Å². The Balaban J connectivity index is 1.89. The monoisotopic (exact) mass is 400 g/mol. The summed E-state index contributed by atoms with van der Waals surface area (Å²) in [6.45, 7) is 6.94. The highest BCUT2D eigenvalue weighted by molar-refractivity contribution is 9.10. The van der Waals surface area contributed by atoms with E-state index in [2.05, 4.69) is 47.8 Å². The SMILES string of the molecule is CC(C)(C)[C@@H]1CCc2c(sc(N=Cc3ccc(Br)cc3)c2C#N)C1. The first-order valence-corrected chi connectivity index (χ1v) is 9.83. The van der Waals surface area contributed by atoms with E-state index < -0.39 is 0 Å². The van der Waals surface area contributed by atoms with Crippen molar-refractivity contribution in [3.63, 3.8) is 0 Å². The van der Waals surface area contributed by atoms with E-state index in [1.165, 1.54) is 10.4 Å². The molecule has 1 aromatic heterocycles. The molecule has 124 valence electrons. The molecule has 4 heteroatoms. The number of hydrogen-bond donors (Lipinski definition) is 0. The van der Waals surface area contributed by atoms with Crippen LogP contribution in [0, 0.1) is 22.7 Å². The van der Waals surface area contributed by atoms with Gasteiger partial charge in [0.15, 0.2) is 0 Å². The van der Waals surface area contributed by atoms with Crippen molar-refractivity contribution in [3.05, 3.63) is 50.3 Å². The number of rotatable bonds is 2. The first-order valence-electron chi connectivity index (χ1n) is 8.22. The van der Waals surface area contributed by atoms with Crippen LogP contribution in [0.1, 0.15) is 48.8 Å². The second kappa shape index (κ2) is 6.82. The Morgan fingerprint density at radius 1 is 1.29 bits per heavy atom. The van der Waals surface area contributed by atoms with Crippen LogP contribution in [0.3, 0.4) is 0 Å². The van der Waals surface area contributed by atoms with E-state index >= 15 is 0 Å². The Morgan fingerprint density at radius 2 is 2.00 bits per heavy atom. The fraction of sp³-hybridized carbons (Fsp3) is 0.400. The van der Waals surface area contributed by atoms with Crippen LogP contribution in [-0.4, -0.2) is 6.21 Å². The standard InChI is InChI=1S/C20H21BrN2S/c1-20(2,3)14-6-9-16-17(11-22)19(24-18(16)10-14)23-12-13-4-7-15(21)8-5-13/h4-5,7-8,12,14H,6,9-10H2,1-3H3/t14-/m1/s1. The van der Waals surface area contributed by atoms with Gasteiger partial charge in [-0.2, -0.15) is 5.26 Å². The van der Waals surface area contributed by atoms with Gasteiger partial charge in [-0.05, 0) is 53.9 Å². The number of benzene rings is 1. The molecule has 1 aromatic carbocycles. The fourth-order valence-corrected chi connectivity index (χ4v) is 4.68. The Hall–Kier alpha value is -1.44. The van der Waals surface area contributed by atoms with Crippen molar-refractivity contribution in [2.24, 2.45) is 16.3 Å². The molecule has 0 amide bonds. The minimum Gasteiger partial charge on any atom is -0.244 e. The third-order valence-electron chi connectivity index (χ3n) is 4.78.